The van der Waals surface area contributed by atoms with E-state index in [0.29, 0.717) is 25.2 Å². The molecule has 1 aliphatic heterocycles. The van der Waals surface area contributed by atoms with Gasteiger partial charge < -0.3 is 20.5 Å². The van der Waals surface area contributed by atoms with Crippen LogP contribution in [0, 0.1) is 11.6 Å². The van der Waals surface area contributed by atoms with Gasteiger partial charge in [0.1, 0.15) is 23.6 Å². The highest BCUT2D eigenvalue weighted by Crippen LogP contribution is 2.37. The van der Waals surface area contributed by atoms with Gasteiger partial charge in [0.05, 0.1) is 16.5 Å². The molecule has 2 aromatic carbocycles. The quantitative estimate of drug-likeness (QED) is 0.214. The second-order valence-corrected chi connectivity index (χ2v) is 10.1. The van der Waals surface area contributed by atoms with E-state index in [1.807, 2.05) is 36.0 Å². The molecule has 0 saturated carbocycles. The fourth-order valence-electron chi connectivity index (χ4n) is 5.14. The number of hydrogen-bond acceptors (Lipinski definition) is 6. The van der Waals surface area contributed by atoms with Crippen LogP contribution in [-0.4, -0.2) is 32.0 Å². The number of nitrogens with zero attached hydrogens (tertiary/aromatic N) is 4. The molecule has 0 atom stereocenters. The van der Waals surface area contributed by atoms with Gasteiger partial charge in [-0.1, -0.05) is 24.3 Å². The van der Waals surface area contributed by atoms with E-state index >= 15 is 0 Å². The van der Waals surface area contributed by atoms with Crippen molar-refractivity contribution in [3.63, 3.8) is 0 Å². The van der Waals surface area contributed by atoms with E-state index in [0.717, 1.165) is 51.2 Å². The first kappa shape index (κ1) is 28.1. The first-order valence-electron chi connectivity index (χ1n) is 13.3. The van der Waals surface area contributed by atoms with Crippen LogP contribution in [0.5, 0.6) is 0 Å². The molecule has 6 rings (SSSR count). The molecule has 0 saturated heterocycles. The zero-order chi connectivity index (χ0) is 30.3. The Balaban J connectivity index is 1.26. The van der Waals surface area contributed by atoms with E-state index < -0.39 is 29.3 Å². The normalized spacial score (nSPS) is 12.7. The summed E-state index contributed by atoms with van der Waals surface area (Å²) in [6, 6.07) is 9.67. The van der Waals surface area contributed by atoms with Crippen molar-refractivity contribution >= 4 is 28.6 Å². The highest BCUT2D eigenvalue weighted by atomic mass is 19.4. The van der Waals surface area contributed by atoms with Crippen LogP contribution in [0.15, 0.2) is 61.2 Å². The molecule has 43 heavy (non-hydrogen) atoms. The van der Waals surface area contributed by atoms with Gasteiger partial charge in [0.15, 0.2) is 11.6 Å². The summed E-state index contributed by atoms with van der Waals surface area (Å²) in [6.45, 7) is 0.574. The average Bonchev–Trinajstić information content (AvgIpc) is 3.31. The summed E-state index contributed by atoms with van der Waals surface area (Å²) < 4.78 is 69.1. The minimum atomic E-state index is -4.73. The lowest BCUT2D eigenvalue weighted by Crippen LogP contribution is -2.25. The predicted octanol–water partition coefficient (Wildman–Crippen LogP) is 5.84. The van der Waals surface area contributed by atoms with E-state index in [9.17, 15) is 26.7 Å². The summed E-state index contributed by atoms with van der Waals surface area (Å²) >= 11 is 0. The molecule has 0 spiro atoms. The number of pyridine rings is 1. The maximum Gasteiger partial charge on any atom is 0.417 e. The van der Waals surface area contributed by atoms with Crippen molar-refractivity contribution in [2.45, 2.75) is 25.7 Å². The molecule has 3 aromatic heterocycles. The lowest BCUT2D eigenvalue weighted by Gasteiger charge is -2.18. The predicted molar refractivity (Wildman–Crippen MR) is 150 cm³/mol. The molecule has 1 aliphatic rings. The smallest absolute Gasteiger partial charge is 0.369 e. The maximum atomic E-state index is 13.6. The molecule has 0 unspecified atom stereocenters. The molecular weight excluding hydrogens is 569 g/mol. The van der Waals surface area contributed by atoms with E-state index in [4.69, 9.17) is 0 Å². The van der Waals surface area contributed by atoms with Gasteiger partial charge in [0.2, 0.25) is 0 Å². The van der Waals surface area contributed by atoms with Gasteiger partial charge in [-0.2, -0.15) is 13.2 Å². The van der Waals surface area contributed by atoms with Crippen LogP contribution in [0.25, 0.3) is 22.2 Å². The lowest BCUT2D eigenvalue weighted by molar-refractivity contribution is -0.137. The second kappa shape index (κ2) is 11.0. The molecule has 4 heterocycles. The van der Waals surface area contributed by atoms with Crippen LogP contribution in [-0.2, 0) is 32.7 Å². The Kier molecular flexibility index (Phi) is 7.16. The number of nitrogens with one attached hydrogen (secondary N) is 3. The number of halogens is 5. The van der Waals surface area contributed by atoms with E-state index in [1.165, 1.54) is 12.4 Å². The van der Waals surface area contributed by atoms with Crippen LogP contribution in [0.1, 0.15) is 32.6 Å². The second-order valence-electron chi connectivity index (χ2n) is 10.1. The third-order valence-electron chi connectivity index (χ3n) is 7.26. The summed E-state index contributed by atoms with van der Waals surface area (Å²) in [7, 11) is 1.92. The van der Waals surface area contributed by atoms with Crippen LogP contribution >= 0.6 is 0 Å². The molecule has 1 amide bonds. The number of carbonyl (C=O) groups is 1. The molecule has 220 valence electrons. The minimum Gasteiger partial charge on any atom is -0.369 e. The van der Waals surface area contributed by atoms with Crippen molar-refractivity contribution in [3.05, 3.63) is 101 Å². The minimum absolute atomic E-state index is 0.0555. The first-order valence-corrected chi connectivity index (χ1v) is 13.3. The molecule has 0 fully saturated rings. The zero-order valence-corrected chi connectivity index (χ0v) is 22.7. The zero-order valence-electron chi connectivity index (χ0n) is 22.7. The number of rotatable bonds is 6. The van der Waals surface area contributed by atoms with Gasteiger partial charge in [-0.25, -0.2) is 23.7 Å². The number of anilines is 2. The number of alkyl halides is 3. The van der Waals surface area contributed by atoms with Gasteiger partial charge in [-0.15, -0.1) is 0 Å². The van der Waals surface area contributed by atoms with Crippen LogP contribution in [0.2, 0.25) is 0 Å². The van der Waals surface area contributed by atoms with Crippen molar-refractivity contribution < 1.29 is 26.7 Å². The lowest BCUT2D eigenvalue weighted by atomic mass is 9.94. The number of fused-ring (bicyclic) bond motifs is 2. The third-order valence-corrected chi connectivity index (χ3v) is 7.26. The van der Waals surface area contributed by atoms with Gasteiger partial charge >= 0.3 is 6.18 Å². The summed E-state index contributed by atoms with van der Waals surface area (Å²) in [5.74, 6) is -2.30. The van der Waals surface area contributed by atoms with E-state index in [-0.39, 0.29) is 30.0 Å². The Morgan fingerprint density at radius 3 is 2.56 bits per heavy atom. The van der Waals surface area contributed by atoms with Crippen molar-refractivity contribution in [3.8, 4) is 11.1 Å². The fraction of sp³-hybridized carbons (Fsp3) is 0.200. The topological polar surface area (TPSA) is 96.8 Å². The Morgan fingerprint density at radius 1 is 0.977 bits per heavy atom. The molecular formula is C30H24F5N7O. The van der Waals surface area contributed by atoms with Gasteiger partial charge in [0, 0.05) is 44.6 Å². The summed E-state index contributed by atoms with van der Waals surface area (Å²) in [4.78, 5) is 25.7. The van der Waals surface area contributed by atoms with Gasteiger partial charge in [-0.3, -0.25) is 4.79 Å². The monoisotopic (exact) mass is 593 g/mol. The Morgan fingerprint density at radius 2 is 1.77 bits per heavy atom. The molecule has 0 aliphatic carbocycles. The maximum absolute atomic E-state index is 13.6. The number of aromatic nitrogens is 4. The van der Waals surface area contributed by atoms with Crippen LogP contribution < -0.4 is 16.0 Å². The average molecular weight is 594 g/mol. The standard InChI is InChI=1S/C30H24F5N7O/c1-42-14-22-20-4-2-16(8-18(20)6-7-36-27-25(22)28(42)41-15-40-27)11-37-26-21(10-19(13-38-26)30(33,34)35)29(43)39-12-17-3-5-23(31)24(32)9-17/h2-5,8-10,13-15H,6-7,11-12H2,1H3,(H,37,38)(H,39,43)(H,36,40,41). The third kappa shape index (κ3) is 5.57. The molecule has 3 N–H and O–H groups in total. The van der Waals surface area contributed by atoms with Crippen molar-refractivity contribution in [2.75, 3.05) is 17.2 Å². The summed E-state index contributed by atoms with van der Waals surface area (Å²) in [6.07, 6.45) is 0.152. The highest BCUT2D eigenvalue weighted by molar-refractivity contribution is 6.02. The number of carbonyl (C=O) groups excluding carboxylic acids is 1. The molecule has 5 aromatic rings. The highest BCUT2D eigenvalue weighted by Gasteiger charge is 2.32. The number of benzene rings is 2. The van der Waals surface area contributed by atoms with E-state index in [1.54, 1.807) is 0 Å². The van der Waals surface area contributed by atoms with Crippen molar-refractivity contribution in [1.29, 1.82) is 0 Å². The number of aryl methyl sites for hydroxylation is 1. The molecule has 8 nitrogen and oxygen atoms in total. The van der Waals surface area contributed by atoms with Gasteiger partial charge in [0.25, 0.3) is 5.91 Å². The van der Waals surface area contributed by atoms with Crippen LogP contribution in [0.4, 0.5) is 33.6 Å². The number of amides is 1. The fourth-order valence-corrected chi connectivity index (χ4v) is 5.14. The van der Waals surface area contributed by atoms with Gasteiger partial charge in [-0.05, 0) is 46.9 Å². The Bertz CT molecular complexity index is 1870. The first-order chi connectivity index (χ1) is 20.6. The molecule has 0 bridgehead atoms. The summed E-state index contributed by atoms with van der Waals surface area (Å²) in [5, 5.41) is 9.73. The Labute approximate surface area is 242 Å². The largest absolute Gasteiger partial charge is 0.417 e. The Hall–Kier alpha value is -5.07. The molecule has 13 heteroatoms. The number of hydrogen-bond donors (Lipinski definition) is 3. The van der Waals surface area contributed by atoms with E-state index in [2.05, 4.69) is 30.9 Å². The summed E-state index contributed by atoms with van der Waals surface area (Å²) in [5.41, 5.74) is 3.50. The van der Waals surface area contributed by atoms with Crippen molar-refractivity contribution in [2.24, 2.45) is 7.05 Å². The van der Waals surface area contributed by atoms with Crippen LogP contribution in [0.3, 0.4) is 0 Å². The SMILES string of the molecule is Cn1cc2c3c(ncnc31)NCCc1cc(CNc3ncc(C(F)(F)F)cc3C(=O)NCc3ccc(F)c(F)c3)ccc1-2. The molecule has 0 radical (unpaired) electrons. The van der Waals surface area contributed by atoms with Crippen molar-refractivity contribution in [1.82, 2.24) is 24.8 Å².